The van der Waals surface area contributed by atoms with Crippen LogP contribution in [-0.4, -0.2) is 73.6 Å². The fourth-order valence-corrected chi connectivity index (χ4v) is 5.54. The molecule has 0 spiro atoms. The third-order valence-electron chi connectivity index (χ3n) is 7.57. The van der Waals surface area contributed by atoms with Crippen LogP contribution in [0.4, 0.5) is 29.5 Å². The van der Waals surface area contributed by atoms with E-state index in [0.717, 1.165) is 6.29 Å². The Hall–Kier alpha value is -4.17. The minimum absolute atomic E-state index is 0.0248. The molecule has 1 saturated heterocycles. The first-order chi connectivity index (χ1) is 20.4. The number of hydrogen-bond donors (Lipinski definition) is 2. The highest BCUT2D eigenvalue weighted by atomic mass is 19.3. The molecule has 232 valence electrons. The Balaban J connectivity index is 1.33. The first-order valence-corrected chi connectivity index (χ1v) is 14.3. The third kappa shape index (κ3) is 7.08. The van der Waals surface area contributed by atoms with E-state index in [9.17, 15) is 27.6 Å². The molecular formula is C28H35F3N8O4. The molecule has 12 nitrogen and oxygen atoms in total. The second-order valence-electron chi connectivity index (χ2n) is 12.1. The summed E-state index contributed by atoms with van der Waals surface area (Å²) in [7, 11) is 0. The Morgan fingerprint density at radius 2 is 1.91 bits per heavy atom. The van der Waals surface area contributed by atoms with E-state index in [4.69, 9.17) is 4.74 Å². The van der Waals surface area contributed by atoms with E-state index in [1.54, 1.807) is 37.9 Å². The molecule has 0 bridgehead atoms. The summed E-state index contributed by atoms with van der Waals surface area (Å²) in [5.41, 5.74) is -1.21. The van der Waals surface area contributed by atoms with Crippen molar-refractivity contribution in [3.8, 4) is 0 Å². The molecule has 2 aliphatic rings. The number of hydrogen-bond acceptors (Lipinski definition) is 8. The van der Waals surface area contributed by atoms with E-state index in [0.29, 0.717) is 31.5 Å². The zero-order chi connectivity index (χ0) is 30.9. The lowest BCUT2D eigenvalue weighted by Gasteiger charge is -2.36. The van der Waals surface area contributed by atoms with Gasteiger partial charge in [0.05, 0.1) is 30.5 Å². The number of alkyl halides is 3. The SMILES string of the molecule is CC(C)(C)OC(=O)NC1CC(F)CN(c2ccn3ncc(C(=O)Nc4cn(C5CCC(C=O)CC5)nc4C(F)F)c3n2)C1. The maximum absolute atomic E-state index is 14.7. The van der Waals surface area contributed by atoms with E-state index >= 15 is 0 Å². The van der Waals surface area contributed by atoms with Gasteiger partial charge in [-0.3, -0.25) is 9.48 Å². The fourth-order valence-electron chi connectivity index (χ4n) is 5.54. The van der Waals surface area contributed by atoms with Gasteiger partial charge in [-0.1, -0.05) is 0 Å². The number of halogens is 3. The van der Waals surface area contributed by atoms with E-state index in [1.807, 2.05) is 0 Å². The van der Waals surface area contributed by atoms with Crippen molar-refractivity contribution >= 4 is 35.4 Å². The summed E-state index contributed by atoms with van der Waals surface area (Å²) in [6.45, 7) is 5.48. The van der Waals surface area contributed by atoms with Crippen LogP contribution in [0.3, 0.4) is 0 Å². The number of amides is 2. The highest BCUT2D eigenvalue weighted by molar-refractivity contribution is 6.08. The van der Waals surface area contributed by atoms with E-state index in [1.165, 1.54) is 21.6 Å². The van der Waals surface area contributed by atoms with Crippen molar-refractivity contribution in [3.05, 3.63) is 35.9 Å². The van der Waals surface area contributed by atoms with Crippen molar-refractivity contribution in [1.29, 1.82) is 0 Å². The van der Waals surface area contributed by atoms with Gasteiger partial charge in [0, 0.05) is 31.3 Å². The Bertz CT molecular complexity index is 1480. The highest BCUT2D eigenvalue weighted by Gasteiger charge is 2.31. The summed E-state index contributed by atoms with van der Waals surface area (Å²) < 4.78 is 50.6. The van der Waals surface area contributed by atoms with Crippen LogP contribution in [-0.2, 0) is 9.53 Å². The molecule has 4 heterocycles. The van der Waals surface area contributed by atoms with Crippen LogP contribution in [0.15, 0.2) is 24.7 Å². The van der Waals surface area contributed by atoms with Crippen LogP contribution in [0, 0.1) is 5.92 Å². The average molecular weight is 605 g/mol. The number of rotatable bonds is 7. The van der Waals surface area contributed by atoms with E-state index in [2.05, 4.69) is 25.8 Å². The smallest absolute Gasteiger partial charge is 0.407 e. The van der Waals surface area contributed by atoms with Crippen molar-refractivity contribution in [3.63, 3.8) is 0 Å². The zero-order valence-corrected chi connectivity index (χ0v) is 24.2. The number of nitrogens with zero attached hydrogens (tertiary/aromatic N) is 6. The van der Waals surface area contributed by atoms with Crippen LogP contribution >= 0.6 is 0 Å². The Labute approximate surface area is 245 Å². The molecule has 5 rings (SSSR count). The predicted molar refractivity (Wildman–Crippen MR) is 150 cm³/mol. The molecule has 1 aliphatic heterocycles. The number of alkyl carbamates (subject to hydrolysis) is 1. The second-order valence-corrected chi connectivity index (χ2v) is 12.1. The lowest BCUT2D eigenvalue weighted by Crippen LogP contribution is -2.52. The summed E-state index contributed by atoms with van der Waals surface area (Å²) in [6, 6.07) is 0.919. The van der Waals surface area contributed by atoms with Crippen LogP contribution in [0.5, 0.6) is 0 Å². The van der Waals surface area contributed by atoms with Gasteiger partial charge >= 0.3 is 6.09 Å². The Morgan fingerprint density at radius 1 is 1.16 bits per heavy atom. The lowest BCUT2D eigenvalue weighted by molar-refractivity contribution is -0.112. The predicted octanol–water partition coefficient (Wildman–Crippen LogP) is 4.49. The molecule has 1 aliphatic carbocycles. The number of carbonyl (C=O) groups is 3. The number of aldehydes is 1. The zero-order valence-electron chi connectivity index (χ0n) is 24.2. The molecule has 2 N–H and O–H groups in total. The molecular weight excluding hydrogens is 569 g/mol. The number of piperidine rings is 1. The molecule has 2 fully saturated rings. The van der Waals surface area contributed by atoms with Crippen LogP contribution in [0.1, 0.15) is 81.4 Å². The monoisotopic (exact) mass is 604 g/mol. The molecule has 0 radical (unpaired) electrons. The normalized spacial score (nSPS) is 22.9. The molecule has 15 heteroatoms. The van der Waals surface area contributed by atoms with Gasteiger partial charge in [-0.25, -0.2) is 27.5 Å². The number of ether oxygens (including phenoxy) is 1. The fraction of sp³-hybridized carbons (Fsp3) is 0.571. The van der Waals surface area contributed by atoms with Gasteiger partial charge in [-0.15, -0.1) is 0 Å². The summed E-state index contributed by atoms with van der Waals surface area (Å²) in [6.07, 6.45) is 2.96. The van der Waals surface area contributed by atoms with Gasteiger partial charge in [0.15, 0.2) is 11.3 Å². The van der Waals surface area contributed by atoms with Crippen molar-refractivity contribution in [1.82, 2.24) is 29.7 Å². The molecule has 2 amide bonds. The molecule has 1 saturated carbocycles. The average Bonchev–Trinajstić information content (AvgIpc) is 3.56. The molecule has 43 heavy (non-hydrogen) atoms. The van der Waals surface area contributed by atoms with Crippen molar-refractivity contribution in [2.24, 2.45) is 5.92 Å². The van der Waals surface area contributed by atoms with Gasteiger partial charge < -0.3 is 25.1 Å². The Kier molecular flexibility index (Phi) is 8.60. The van der Waals surface area contributed by atoms with E-state index < -0.39 is 41.9 Å². The number of carbonyl (C=O) groups excluding carboxylic acids is 3. The number of fused-ring (bicyclic) bond motifs is 1. The van der Waals surface area contributed by atoms with Gasteiger partial charge in [-0.05, 0) is 52.5 Å². The summed E-state index contributed by atoms with van der Waals surface area (Å²) in [5.74, 6) is -0.397. The van der Waals surface area contributed by atoms with Crippen molar-refractivity contribution in [2.45, 2.75) is 83.2 Å². The third-order valence-corrected chi connectivity index (χ3v) is 7.57. The highest BCUT2D eigenvalue weighted by Crippen LogP contribution is 2.34. The van der Waals surface area contributed by atoms with Crippen LogP contribution in [0.2, 0.25) is 0 Å². The van der Waals surface area contributed by atoms with Gasteiger partial charge in [-0.2, -0.15) is 10.2 Å². The quantitative estimate of drug-likeness (QED) is 0.377. The lowest BCUT2D eigenvalue weighted by atomic mass is 9.87. The summed E-state index contributed by atoms with van der Waals surface area (Å²) in [4.78, 5) is 42.8. The topological polar surface area (TPSA) is 136 Å². The van der Waals surface area contributed by atoms with E-state index in [-0.39, 0.29) is 48.4 Å². The summed E-state index contributed by atoms with van der Waals surface area (Å²) >= 11 is 0. The number of anilines is 2. The summed E-state index contributed by atoms with van der Waals surface area (Å²) in [5, 5.41) is 13.4. The maximum atomic E-state index is 14.7. The minimum atomic E-state index is -2.92. The molecule has 0 aromatic carbocycles. The minimum Gasteiger partial charge on any atom is -0.444 e. The van der Waals surface area contributed by atoms with Gasteiger partial charge in [0.1, 0.15) is 29.4 Å². The molecule has 3 aromatic rings. The van der Waals surface area contributed by atoms with Crippen LogP contribution < -0.4 is 15.5 Å². The van der Waals surface area contributed by atoms with Gasteiger partial charge in [0.25, 0.3) is 12.3 Å². The van der Waals surface area contributed by atoms with Crippen LogP contribution in [0.25, 0.3) is 5.65 Å². The molecule has 2 unspecified atom stereocenters. The second kappa shape index (κ2) is 12.2. The first-order valence-electron chi connectivity index (χ1n) is 14.3. The Morgan fingerprint density at radius 3 is 2.58 bits per heavy atom. The molecule has 2 atom stereocenters. The molecule has 3 aromatic heterocycles. The number of aromatic nitrogens is 5. The van der Waals surface area contributed by atoms with Crippen molar-refractivity contribution in [2.75, 3.05) is 23.3 Å². The maximum Gasteiger partial charge on any atom is 0.407 e. The largest absolute Gasteiger partial charge is 0.444 e. The standard InChI is InChI=1S/C28H35F3N8O4/c1-28(2,3)43-27(42)33-18-10-17(29)12-37(13-18)22-8-9-38-25(35-22)20(11-32-38)26(41)34-21-14-39(36-23(21)24(30)31)19-6-4-16(15-40)5-7-19/h8-9,11,14-19,24H,4-7,10,12-13H2,1-3H3,(H,33,42)(H,34,41). The van der Waals surface area contributed by atoms with Crippen molar-refractivity contribution < 1.29 is 32.3 Å². The number of nitrogens with one attached hydrogen (secondary N) is 2. The van der Waals surface area contributed by atoms with Gasteiger partial charge in [0.2, 0.25) is 0 Å². The first kappa shape index (κ1) is 30.3.